The number of ether oxygens (including phenoxy) is 2. The molecule has 1 atom stereocenters. The lowest BCUT2D eigenvalue weighted by Gasteiger charge is -2.13. The van der Waals surface area contributed by atoms with Gasteiger partial charge in [0.05, 0.1) is 13.2 Å². The number of para-hydroxylation sites is 1. The van der Waals surface area contributed by atoms with Crippen LogP contribution in [0.1, 0.15) is 29.8 Å². The minimum atomic E-state index is 0.0604. The smallest absolute Gasteiger partial charge is 0.234 e. The summed E-state index contributed by atoms with van der Waals surface area (Å²) in [7, 11) is 0. The summed E-state index contributed by atoms with van der Waals surface area (Å²) in [5, 5.41) is 0. The Balaban J connectivity index is 1.58. The molecule has 0 radical (unpaired) electrons. The summed E-state index contributed by atoms with van der Waals surface area (Å²) < 4.78 is 13.8. The van der Waals surface area contributed by atoms with Gasteiger partial charge in [-0.05, 0) is 30.7 Å². The molecule has 26 heavy (non-hydrogen) atoms. The lowest BCUT2D eigenvalue weighted by atomic mass is 10.1. The molecule has 0 fully saturated rings. The van der Waals surface area contributed by atoms with Crippen LogP contribution < -0.4 is 4.74 Å². The Bertz CT molecular complexity index is 899. The van der Waals surface area contributed by atoms with E-state index in [1.807, 2.05) is 49.4 Å². The monoisotopic (exact) mass is 346 g/mol. The van der Waals surface area contributed by atoms with Crippen LogP contribution in [0.5, 0.6) is 5.75 Å². The second kappa shape index (κ2) is 7.48. The molecule has 1 aliphatic rings. The second-order valence-electron chi connectivity index (χ2n) is 6.23. The standard InChI is InChI=1S/C22H22N2O2/c1-2-25-21-13-7-6-11-18(21)15-24-14-8-12-20(24)22-23-19(16-26-22)17-9-4-3-5-10-17/h3-14,19H,2,15-16H2,1H3. The number of rotatable bonds is 6. The quantitative estimate of drug-likeness (QED) is 0.661. The first-order valence-electron chi connectivity index (χ1n) is 8.97. The Morgan fingerprint density at radius 3 is 2.69 bits per heavy atom. The van der Waals surface area contributed by atoms with Gasteiger partial charge in [0, 0.05) is 11.8 Å². The summed E-state index contributed by atoms with van der Waals surface area (Å²) in [5.41, 5.74) is 3.32. The van der Waals surface area contributed by atoms with Gasteiger partial charge in [-0.2, -0.15) is 0 Å². The van der Waals surface area contributed by atoms with E-state index in [0.717, 1.165) is 23.6 Å². The van der Waals surface area contributed by atoms with E-state index in [4.69, 9.17) is 14.5 Å². The molecule has 0 saturated carbocycles. The van der Waals surface area contributed by atoms with Crippen LogP contribution in [-0.2, 0) is 11.3 Å². The lowest BCUT2D eigenvalue weighted by molar-refractivity contribution is 0.318. The summed E-state index contributed by atoms with van der Waals surface area (Å²) in [4.78, 5) is 4.80. The van der Waals surface area contributed by atoms with Crippen molar-refractivity contribution in [2.75, 3.05) is 13.2 Å². The summed E-state index contributed by atoms with van der Waals surface area (Å²) in [6, 6.07) is 22.6. The van der Waals surface area contributed by atoms with E-state index >= 15 is 0 Å². The molecule has 0 saturated heterocycles. The average molecular weight is 346 g/mol. The van der Waals surface area contributed by atoms with Crippen LogP contribution >= 0.6 is 0 Å². The van der Waals surface area contributed by atoms with Gasteiger partial charge in [-0.3, -0.25) is 0 Å². The Morgan fingerprint density at radius 2 is 1.85 bits per heavy atom. The Morgan fingerprint density at radius 1 is 1.04 bits per heavy atom. The topological polar surface area (TPSA) is 35.8 Å². The highest BCUT2D eigenvalue weighted by Crippen LogP contribution is 2.26. The van der Waals surface area contributed by atoms with E-state index in [2.05, 4.69) is 35.0 Å². The number of nitrogens with zero attached hydrogens (tertiary/aromatic N) is 2. The van der Waals surface area contributed by atoms with Crippen LogP contribution in [-0.4, -0.2) is 23.7 Å². The maximum Gasteiger partial charge on any atom is 0.234 e. The van der Waals surface area contributed by atoms with Gasteiger partial charge in [-0.25, -0.2) is 4.99 Å². The van der Waals surface area contributed by atoms with Crippen molar-refractivity contribution in [2.24, 2.45) is 4.99 Å². The number of aliphatic imine (C=N–C) groups is 1. The molecule has 4 nitrogen and oxygen atoms in total. The van der Waals surface area contributed by atoms with Gasteiger partial charge in [0.1, 0.15) is 24.1 Å². The van der Waals surface area contributed by atoms with Crippen LogP contribution in [0.15, 0.2) is 77.9 Å². The molecule has 4 rings (SSSR count). The zero-order chi connectivity index (χ0) is 17.8. The van der Waals surface area contributed by atoms with Gasteiger partial charge in [0.25, 0.3) is 0 Å². The molecule has 3 aromatic rings. The third kappa shape index (κ3) is 3.36. The van der Waals surface area contributed by atoms with Gasteiger partial charge in [0.2, 0.25) is 5.90 Å². The molecule has 1 aromatic heterocycles. The summed E-state index contributed by atoms with van der Waals surface area (Å²) in [6.45, 7) is 3.96. The third-order valence-corrected chi connectivity index (χ3v) is 4.50. The number of hydrogen-bond acceptors (Lipinski definition) is 3. The van der Waals surface area contributed by atoms with Gasteiger partial charge < -0.3 is 14.0 Å². The van der Waals surface area contributed by atoms with E-state index in [9.17, 15) is 0 Å². The van der Waals surface area contributed by atoms with Crippen molar-refractivity contribution in [1.82, 2.24) is 4.57 Å². The lowest BCUT2D eigenvalue weighted by Crippen LogP contribution is -2.11. The largest absolute Gasteiger partial charge is 0.494 e. The highest BCUT2D eigenvalue weighted by molar-refractivity contribution is 5.93. The van der Waals surface area contributed by atoms with Gasteiger partial charge >= 0.3 is 0 Å². The van der Waals surface area contributed by atoms with Crippen molar-refractivity contribution in [3.8, 4) is 5.75 Å². The first-order valence-corrected chi connectivity index (χ1v) is 8.97. The Labute approximate surface area is 153 Å². The Kier molecular flexibility index (Phi) is 4.73. The highest BCUT2D eigenvalue weighted by atomic mass is 16.5. The number of hydrogen-bond donors (Lipinski definition) is 0. The predicted molar refractivity (Wildman–Crippen MR) is 103 cm³/mol. The molecule has 0 amide bonds. The van der Waals surface area contributed by atoms with Crippen LogP contribution in [0.25, 0.3) is 0 Å². The predicted octanol–water partition coefficient (Wildman–Crippen LogP) is 4.45. The van der Waals surface area contributed by atoms with Crippen molar-refractivity contribution in [3.05, 3.63) is 89.7 Å². The van der Waals surface area contributed by atoms with Crippen molar-refractivity contribution in [3.63, 3.8) is 0 Å². The maximum absolute atomic E-state index is 5.92. The maximum atomic E-state index is 5.92. The molecule has 0 spiro atoms. The molecule has 4 heteroatoms. The fourth-order valence-electron chi connectivity index (χ4n) is 3.22. The van der Waals surface area contributed by atoms with Crippen LogP contribution in [0.3, 0.4) is 0 Å². The van der Waals surface area contributed by atoms with E-state index in [0.29, 0.717) is 19.1 Å². The summed E-state index contributed by atoms with van der Waals surface area (Å²) in [5.74, 6) is 1.63. The molecule has 0 aliphatic carbocycles. The molecule has 0 bridgehead atoms. The van der Waals surface area contributed by atoms with Crippen molar-refractivity contribution >= 4 is 5.90 Å². The van der Waals surface area contributed by atoms with Crippen molar-refractivity contribution in [1.29, 1.82) is 0 Å². The van der Waals surface area contributed by atoms with E-state index < -0.39 is 0 Å². The van der Waals surface area contributed by atoms with Crippen molar-refractivity contribution in [2.45, 2.75) is 19.5 Å². The minimum absolute atomic E-state index is 0.0604. The number of aromatic nitrogens is 1. The fraction of sp³-hybridized carbons (Fsp3) is 0.227. The second-order valence-corrected chi connectivity index (χ2v) is 6.23. The van der Waals surface area contributed by atoms with Gasteiger partial charge in [-0.15, -0.1) is 0 Å². The first kappa shape index (κ1) is 16.5. The normalized spacial score (nSPS) is 16.2. The number of benzene rings is 2. The summed E-state index contributed by atoms with van der Waals surface area (Å²) in [6.07, 6.45) is 2.06. The molecule has 2 aromatic carbocycles. The van der Waals surface area contributed by atoms with E-state index in [1.165, 1.54) is 5.56 Å². The van der Waals surface area contributed by atoms with E-state index in [1.54, 1.807) is 0 Å². The van der Waals surface area contributed by atoms with Crippen LogP contribution in [0.4, 0.5) is 0 Å². The minimum Gasteiger partial charge on any atom is -0.494 e. The Hall–Kier alpha value is -3.01. The highest BCUT2D eigenvalue weighted by Gasteiger charge is 2.23. The molecule has 1 unspecified atom stereocenters. The molecular weight excluding hydrogens is 324 g/mol. The molecule has 0 N–H and O–H groups in total. The zero-order valence-electron chi connectivity index (χ0n) is 14.8. The van der Waals surface area contributed by atoms with Gasteiger partial charge in [0.15, 0.2) is 0 Å². The molecule has 2 heterocycles. The molecule has 132 valence electrons. The average Bonchev–Trinajstić information content (AvgIpc) is 3.33. The van der Waals surface area contributed by atoms with Crippen molar-refractivity contribution < 1.29 is 9.47 Å². The zero-order valence-corrected chi connectivity index (χ0v) is 14.8. The van der Waals surface area contributed by atoms with Crippen LogP contribution in [0, 0.1) is 0 Å². The van der Waals surface area contributed by atoms with Crippen LogP contribution in [0.2, 0.25) is 0 Å². The molecule has 1 aliphatic heterocycles. The third-order valence-electron chi connectivity index (χ3n) is 4.50. The first-order chi connectivity index (χ1) is 12.8. The SMILES string of the molecule is CCOc1ccccc1Cn1cccc1C1=NC(c2ccccc2)CO1. The fourth-order valence-corrected chi connectivity index (χ4v) is 3.22. The van der Waals surface area contributed by atoms with Gasteiger partial charge in [-0.1, -0.05) is 48.5 Å². The molecular formula is C22H22N2O2. The van der Waals surface area contributed by atoms with E-state index in [-0.39, 0.29) is 6.04 Å². The summed E-state index contributed by atoms with van der Waals surface area (Å²) >= 11 is 0.